The molecule has 43 heteroatoms. The zero-order valence-corrected chi connectivity index (χ0v) is 90.4. The number of nitrogens with zero attached hydrogens (tertiary/aromatic N) is 32. The van der Waals surface area contributed by atoms with Gasteiger partial charge < -0.3 is 91.5 Å². The molecule has 0 saturated heterocycles. The van der Waals surface area contributed by atoms with Gasteiger partial charge in [0.25, 0.3) is 0 Å². The van der Waals surface area contributed by atoms with Crippen LogP contribution in [0.15, 0.2) is 305 Å². The molecule has 2 aliphatic carbocycles. The average molecular weight is 2850 g/mol. The van der Waals surface area contributed by atoms with Crippen LogP contribution in [0.1, 0.15) is 117 Å². The monoisotopic (exact) mass is 2850 g/mol. The van der Waals surface area contributed by atoms with Gasteiger partial charge in [-0.15, -0.1) is 41.6 Å². The fourth-order valence-corrected chi connectivity index (χ4v) is 14.3. The normalized spacial score (nSPS) is 13.0. The van der Waals surface area contributed by atoms with Crippen LogP contribution in [0.4, 0.5) is 26.3 Å². The Hall–Kier alpha value is -14.2. The molecule has 0 radical (unpaired) electrons. The average Bonchev–Trinajstić information content (AvgIpc) is 1.52. The van der Waals surface area contributed by atoms with Gasteiger partial charge in [0.15, 0.2) is 0 Å². The first kappa shape index (κ1) is 114. The van der Waals surface area contributed by atoms with Crippen molar-refractivity contribution in [3.63, 3.8) is 0 Å². The maximum atomic E-state index is 12.5. The Morgan fingerprint density at radius 1 is 0.324 bits per heavy atom. The third-order valence-corrected chi connectivity index (χ3v) is 21.6. The third-order valence-electron chi connectivity index (χ3n) is 21.6. The van der Waals surface area contributed by atoms with Gasteiger partial charge in [-0.3, -0.25) is 19.9 Å². The van der Waals surface area contributed by atoms with Gasteiger partial charge in [-0.25, -0.2) is 49.8 Å². The van der Waals surface area contributed by atoms with Gasteiger partial charge in [0.05, 0.1) is 5.69 Å². The molecule has 19 aromatic heterocycles. The number of fused-ring (bicyclic) bond motifs is 6. The Labute approximate surface area is 902 Å². The van der Waals surface area contributed by atoms with Crippen molar-refractivity contribution in [2.45, 2.75) is 118 Å². The van der Waals surface area contributed by atoms with Gasteiger partial charge in [-0.1, -0.05) is 184 Å². The van der Waals surface area contributed by atoms with E-state index in [1.807, 2.05) is 168 Å². The molecule has 2 bridgehead atoms. The molecule has 21 aromatic rings. The van der Waals surface area contributed by atoms with Crippen LogP contribution in [-0.2, 0) is 129 Å². The SMILES string of the molecule is CC(C)(C)c1c[n-]c(-c2ccccn2)c1.CC12CCC(c3c1n[n-]c3-c1ccccn1)C2(C)C.Cc1cc(-c2ncccn2)[n-]n1.Cc1cc(-c2ncccn2)[n-]n1.Cc1cc(-c2ncccn2)[n-]n1.Cc1cc(-c2ncccn2)[n-]n1.Cc1cc(-c2ncccn2)[n-]n1.FC(F)(F)c1cc(-c2ccccn2)[n-]n1.FC(F)(F)c1cc(-c2nccc3ccccc23)[n-]n1.[Pt+2].[Pt+2].[Pt+2].[Pt+2].[Pt+2].[c-]1ccccc1-c1ccccn1. The number of halogens is 6. The maximum absolute atomic E-state index is 12.5. The molecule has 2 unspecified atom stereocenters. The second kappa shape index (κ2) is 54.0. The van der Waals surface area contributed by atoms with Crippen LogP contribution in [0, 0.1) is 46.1 Å². The minimum absolute atomic E-state index is 0. The van der Waals surface area contributed by atoms with Crippen molar-refractivity contribution in [2.24, 2.45) is 5.41 Å². The standard InChI is InChI=1S/C16H18N3.C13H7F3N3.C13H15N2.C11H8N.C9H5F3N3.5C8H7N4.5Pt/c1-15(2)10-7-8-16(15,3)14-12(10)13(18-19-14)11-6-4-5-9-17-11;14-13(15,16)11-7-10(18-19-11)12-9-4-2-1-3-8(9)5-6-17-12;1-13(2,3)10-8-12(15-9-10)11-6-4-5-7-14-11;1-2-6-10(7-3-1)11-8-4-5-9-12-11;10-9(11,12)8-5-7(14-15-8)6-3-1-2-4-13-6;5*1-6-5-7(12-11-6)8-9-3-2-4-10-8;;;;;/h4-6,9-10H,7-8H2,1-3H3;1-7H;4-9H,1-3H3;1-6,8-9H;1-5H;5*2-5H,1H3;;;;;/q10*-1;5*+2. The van der Waals surface area contributed by atoms with E-state index in [2.05, 4.69) is 215 Å². The fourth-order valence-electron chi connectivity index (χ4n) is 14.3. The van der Waals surface area contributed by atoms with Crippen molar-refractivity contribution < 1.29 is 132 Å². The molecule has 23 rings (SSSR count). The van der Waals surface area contributed by atoms with Crippen LogP contribution in [0.2, 0.25) is 0 Å². The molecule has 145 heavy (non-hydrogen) atoms. The van der Waals surface area contributed by atoms with E-state index in [4.69, 9.17) is 0 Å². The number of hydrogen-bond donors (Lipinski definition) is 0. The quantitative estimate of drug-likeness (QED) is 0.0906. The van der Waals surface area contributed by atoms with Gasteiger partial charge in [0, 0.05) is 155 Å². The first-order valence-corrected chi connectivity index (χ1v) is 43.5. The van der Waals surface area contributed by atoms with Crippen molar-refractivity contribution in [1.29, 1.82) is 0 Å². The zero-order chi connectivity index (χ0) is 98.7. The van der Waals surface area contributed by atoms with E-state index in [1.165, 1.54) is 35.9 Å². The number of pyridine rings is 5. The molecular weight excluding hydrogens is 2760 g/mol. The van der Waals surface area contributed by atoms with Crippen molar-refractivity contribution in [3.05, 3.63) is 368 Å². The molecule has 19 heterocycles. The molecule has 2 aromatic carbocycles. The fraction of sp³-hybridized carbons (Fsp3) is 0.186. The van der Waals surface area contributed by atoms with Gasteiger partial charge in [0.1, 0.15) is 40.5 Å². The van der Waals surface area contributed by atoms with E-state index in [9.17, 15) is 26.3 Å². The molecule has 0 aliphatic heterocycles. The Balaban J connectivity index is 0.000000180. The Kier molecular flexibility index (Phi) is 42.6. The predicted octanol–water partition coefficient (Wildman–Crippen LogP) is 18.2. The summed E-state index contributed by atoms with van der Waals surface area (Å²) in [5.74, 6) is 3.70. The molecule has 1 saturated carbocycles. The van der Waals surface area contributed by atoms with Crippen molar-refractivity contribution in [2.75, 3.05) is 0 Å². The Morgan fingerprint density at radius 2 is 0.676 bits per heavy atom. The van der Waals surface area contributed by atoms with E-state index in [0.29, 0.717) is 46.4 Å². The summed E-state index contributed by atoms with van der Waals surface area (Å²) in [7, 11) is 0. The van der Waals surface area contributed by atoms with Crippen LogP contribution in [-0.4, -0.2) is 116 Å². The molecule has 0 spiro atoms. The molecule has 32 nitrogen and oxygen atoms in total. The van der Waals surface area contributed by atoms with Crippen LogP contribution in [0.5, 0.6) is 0 Å². The number of aryl methyl sites for hydroxylation is 5. The summed E-state index contributed by atoms with van der Waals surface area (Å²) in [5, 5.41) is 62.7. The molecule has 0 amide bonds. The van der Waals surface area contributed by atoms with E-state index in [-0.39, 0.29) is 133 Å². The third kappa shape index (κ3) is 31.2. The largest absolute Gasteiger partial charge is 2.00 e. The summed E-state index contributed by atoms with van der Waals surface area (Å²) in [6, 6.07) is 64.7. The summed E-state index contributed by atoms with van der Waals surface area (Å²) in [6.07, 6.45) is 20.8. The van der Waals surface area contributed by atoms with Gasteiger partial charge in [0.2, 0.25) is 0 Å². The van der Waals surface area contributed by atoms with Crippen LogP contribution < -0.4 is 45.8 Å². The number of rotatable bonds is 10. The van der Waals surface area contributed by atoms with E-state index in [1.54, 1.807) is 147 Å². The van der Waals surface area contributed by atoms with Gasteiger partial charge in [-0.2, -0.15) is 32.5 Å². The molecule has 2 aliphatic rings. The molecule has 0 N–H and O–H groups in total. The maximum Gasteiger partial charge on any atom is 2.00 e. The number of aromatic nitrogens is 32. The Bertz CT molecular complexity index is 6770. The van der Waals surface area contributed by atoms with Gasteiger partial charge in [-0.05, 0) is 172 Å². The smallest absolute Gasteiger partial charge is 0.662 e. The molecule has 748 valence electrons. The summed E-state index contributed by atoms with van der Waals surface area (Å²) in [5.41, 5.74) is 17.5. The topological polar surface area (TPSA) is 423 Å². The first-order chi connectivity index (χ1) is 67.5. The van der Waals surface area contributed by atoms with Crippen molar-refractivity contribution >= 4 is 10.8 Å². The number of benzene rings is 2. The minimum atomic E-state index is -4.49. The Morgan fingerprint density at radius 3 is 1.03 bits per heavy atom. The van der Waals surface area contributed by atoms with Crippen LogP contribution >= 0.6 is 0 Å². The molecular formula is C102H88F6N32Pt5. The number of alkyl halides is 6. The molecule has 1 fully saturated rings. The van der Waals surface area contributed by atoms with Crippen LogP contribution in [0.25, 0.3) is 125 Å². The van der Waals surface area contributed by atoms with E-state index in [0.717, 1.165) is 114 Å². The molecule has 2 atom stereocenters. The van der Waals surface area contributed by atoms with Crippen molar-refractivity contribution in [3.8, 4) is 114 Å². The number of hydrogen-bond acceptors (Lipinski definition) is 23. The second-order valence-electron chi connectivity index (χ2n) is 32.9. The van der Waals surface area contributed by atoms with E-state index < -0.39 is 23.7 Å². The minimum Gasteiger partial charge on any atom is -0.662 e. The summed E-state index contributed by atoms with van der Waals surface area (Å²) in [6.45, 7) is 23.1. The summed E-state index contributed by atoms with van der Waals surface area (Å²) < 4.78 is 74.1. The van der Waals surface area contributed by atoms with Crippen molar-refractivity contribution in [1.82, 2.24) is 161 Å². The zero-order valence-electron chi connectivity index (χ0n) is 79.0. The van der Waals surface area contributed by atoms with Crippen LogP contribution in [0.3, 0.4) is 0 Å². The van der Waals surface area contributed by atoms with E-state index >= 15 is 0 Å². The second-order valence-corrected chi connectivity index (χ2v) is 32.9. The summed E-state index contributed by atoms with van der Waals surface area (Å²) in [4.78, 5) is 65.8. The summed E-state index contributed by atoms with van der Waals surface area (Å²) >= 11 is 0. The van der Waals surface area contributed by atoms with Gasteiger partial charge >= 0.3 is 118 Å². The first-order valence-electron chi connectivity index (χ1n) is 43.5. The predicted molar refractivity (Wildman–Crippen MR) is 510 cm³/mol.